The molecule has 2 heterocycles. The molecule has 2 N–H and O–H groups in total. The van der Waals surface area contributed by atoms with Crippen molar-refractivity contribution in [2.45, 2.75) is 18.9 Å². The molecule has 1 amide bonds. The molecule has 1 unspecified atom stereocenters. The molecular weight excluding hydrogens is 342 g/mol. The van der Waals surface area contributed by atoms with Gasteiger partial charge >= 0.3 is 6.09 Å². The number of halogens is 1. The molecule has 7 heteroatoms. The van der Waals surface area contributed by atoms with Gasteiger partial charge in [0.25, 0.3) is 0 Å². The van der Waals surface area contributed by atoms with Crippen molar-refractivity contribution in [2.24, 2.45) is 11.8 Å². The van der Waals surface area contributed by atoms with E-state index in [0.29, 0.717) is 18.4 Å². The Morgan fingerprint density at radius 1 is 1.36 bits per heavy atom. The van der Waals surface area contributed by atoms with Crippen LogP contribution in [0.5, 0.6) is 0 Å². The number of hydrogen-bond donors (Lipinski definition) is 2. The van der Waals surface area contributed by atoms with Crippen molar-refractivity contribution in [2.75, 3.05) is 19.6 Å². The minimum atomic E-state index is -0.392. The number of nitrogens with zero attached hydrogens (tertiary/aromatic N) is 1. The van der Waals surface area contributed by atoms with E-state index in [1.807, 2.05) is 43.3 Å². The highest BCUT2D eigenvalue weighted by Gasteiger charge is 2.68. The molecule has 0 radical (unpaired) electrons. The Labute approximate surface area is 152 Å². The van der Waals surface area contributed by atoms with Crippen LogP contribution in [0.2, 0.25) is 0 Å². The highest BCUT2D eigenvalue weighted by Crippen LogP contribution is 2.60. The molecule has 1 aromatic carbocycles. The quantitative estimate of drug-likeness (QED) is 0.853. The molecule has 25 heavy (non-hydrogen) atoms. The summed E-state index contributed by atoms with van der Waals surface area (Å²) in [6.45, 7) is 4.61. The lowest BCUT2D eigenvalue weighted by Gasteiger charge is -2.19. The van der Waals surface area contributed by atoms with Gasteiger partial charge in [-0.1, -0.05) is 35.5 Å². The fourth-order valence-electron chi connectivity index (χ4n) is 3.96. The summed E-state index contributed by atoms with van der Waals surface area (Å²) in [6, 6.07) is 11.6. The van der Waals surface area contributed by atoms with E-state index in [-0.39, 0.29) is 24.4 Å². The first kappa shape index (κ1) is 17.8. The van der Waals surface area contributed by atoms with Gasteiger partial charge in [0.1, 0.15) is 12.4 Å². The fourth-order valence-corrected chi connectivity index (χ4v) is 3.96. The summed E-state index contributed by atoms with van der Waals surface area (Å²) in [5.41, 5.74) is 1.80. The summed E-state index contributed by atoms with van der Waals surface area (Å²) < 4.78 is 10.6. The average Bonchev–Trinajstić information content (AvgIpc) is 2.99. The van der Waals surface area contributed by atoms with Crippen LogP contribution in [0.25, 0.3) is 0 Å². The predicted molar refractivity (Wildman–Crippen MR) is 94.6 cm³/mol. The van der Waals surface area contributed by atoms with Gasteiger partial charge in [-0.15, -0.1) is 12.4 Å². The summed E-state index contributed by atoms with van der Waals surface area (Å²) in [7, 11) is 0. The molecule has 134 valence electrons. The number of nitrogens with one attached hydrogen (secondary N) is 2. The molecule has 2 aliphatic rings. The number of benzene rings is 1. The van der Waals surface area contributed by atoms with E-state index in [2.05, 4.69) is 15.8 Å². The first-order valence-electron chi connectivity index (χ1n) is 8.29. The number of hydrogen-bond acceptors (Lipinski definition) is 5. The Hall–Kier alpha value is -2.05. The Balaban J connectivity index is 0.00000182. The van der Waals surface area contributed by atoms with Crippen molar-refractivity contribution in [3.63, 3.8) is 0 Å². The topological polar surface area (TPSA) is 76.4 Å². The maximum atomic E-state index is 12.1. The lowest BCUT2D eigenvalue weighted by molar-refractivity contribution is 0.138. The number of aromatic nitrogens is 1. The van der Waals surface area contributed by atoms with Crippen molar-refractivity contribution in [1.82, 2.24) is 15.8 Å². The molecular formula is C18H22ClN3O3. The molecule has 2 aromatic rings. The smallest absolute Gasteiger partial charge is 0.407 e. The van der Waals surface area contributed by atoms with E-state index < -0.39 is 6.09 Å². The van der Waals surface area contributed by atoms with Crippen molar-refractivity contribution < 1.29 is 14.1 Å². The molecule has 1 aromatic heterocycles. The van der Waals surface area contributed by atoms with Crippen LogP contribution in [-0.2, 0) is 16.8 Å². The van der Waals surface area contributed by atoms with Gasteiger partial charge in [0.2, 0.25) is 0 Å². The first-order valence-corrected chi connectivity index (χ1v) is 8.29. The SMILES string of the molecule is Cc1cc(C2(CNC(=O)OCc3ccccc3)[C@@H]3CNC[C@@H]32)no1.Cl. The lowest BCUT2D eigenvalue weighted by atomic mass is 9.95. The molecule has 1 aliphatic carbocycles. The molecule has 0 spiro atoms. The predicted octanol–water partition coefficient (Wildman–Crippen LogP) is 2.42. The summed E-state index contributed by atoms with van der Waals surface area (Å²) in [6.07, 6.45) is -0.392. The van der Waals surface area contributed by atoms with Crippen molar-refractivity contribution in [3.8, 4) is 0 Å². The van der Waals surface area contributed by atoms with E-state index in [0.717, 1.165) is 30.1 Å². The summed E-state index contributed by atoms with van der Waals surface area (Å²) >= 11 is 0. The normalized spacial score (nSPS) is 26.4. The number of piperidine rings is 1. The minimum Gasteiger partial charge on any atom is -0.445 e. The average molecular weight is 364 g/mol. The van der Waals surface area contributed by atoms with E-state index in [9.17, 15) is 4.79 Å². The Morgan fingerprint density at radius 2 is 2.08 bits per heavy atom. The Bertz CT molecular complexity index is 724. The number of carbonyl (C=O) groups excluding carboxylic acids is 1. The van der Waals surface area contributed by atoms with Gasteiger partial charge < -0.3 is 19.9 Å². The zero-order chi connectivity index (χ0) is 16.6. The highest BCUT2D eigenvalue weighted by molar-refractivity contribution is 5.85. The van der Waals surface area contributed by atoms with Crippen molar-refractivity contribution >= 4 is 18.5 Å². The second-order valence-electron chi connectivity index (χ2n) is 6.65. The number of amides is 1. The van der Waals surface area contributed by atoms with Crippen LogP contribution in [0.3, 0.4) is 0 Å². The van der Waals surface area contributed by atoms with Gasteiger partial charge in [-0.25, -0.2) is 4.79 Å². The molecule has 4 rings (SSSR count). The number of aryl methyl sites for hydroxylation is 1. The third-order valence-electron chi connectivity index (χ3n) is 5.27. The van der Waals surface area contributed by atoms with Crippen LogP contribution in [0.1, 0.15) is 17.0 Å². The second kappa shape index (κ2) is 7.06. The van der Waals surface area contributed by atoms with Crippen LogP contribution in [0, 0.1) is 18.8 Å². The summed E-state index contributed by atoms with van der Waals surface area (Å²) in [4.78, 5) is 12.1. The molecule has 2 fully saturated rings. The number of ether oxygens (including phenoxy) is 1. The van der Waals surface area contributed by atoms with Crippen LogP contribution in [-0.4, -0.2) is 30.9 Å². The van der Waals surface area contributed by atoms with Crippen LogP contribution < -0.4 is 10.6 Å². The van der Waals surface area contributed by atoms with Gasteiger partial charge in [0.05, 0.1) is 5.69 Å². The van der Waals surface area contributed by atoms with E-state index in [4.69, 9.17) is 9.26 Å². The number of rotatable bonds is 5. The van der Waals surface area contributed by atoms with Crippen LogP contribution in [0.15, 0.2) is 40.9 Å². The van der Waals surface area contributed by atoms with Gasteiger partial charge in [0.15, 0.2) is 0 Å². The summed E-state index contributed by atoms with van der Waals surface area (Å²) in [5.74, 6) is 1.79. The third kappa shape index (κ3) is 3.24. The zero-order valence-corrected chi connectivity index (χ0v) is 14.8. The van der Waals surface area contributed by atoms with Gasteiger partial charge in [-0.05, 0) is 37.4 Å². The van der Waals surface area contributed by atoms with E-state index in [1.165, 1.54) is 0 Å². The van der Waals surface area contributed by atoms with Gasteiger partial charge in [0, 0.05) is 18.0 Å². The lowest BCUT2D eigenvalue weighted by Crippen LogP contribution is -2.38. The largest absolute Gasteiger partial charge is 0.445 e. The third-order valence-corrected chi connectivity index (χ3v) is 5.27. The minimum absolute atomic E-state index is 0. The van der Waals surface area contributed by atoms with Crippen LogP contribution in [0.4, 0.5) is 4.79 Å². The highest BCUT2D eigenvalue weighted by atomic mass is 35.5. The number of carbonyl (C=O) groups is 1. The van der Waals surface area contributed by atoms with E-state index >= 15 is 0 Å². The molecule has 3 atom stereocenters. The maximum absolute atomic E-state index is 12.1. The summed E-state index contributed by atoms with van der Waals surface area (Å²) in [5, 5.41) is 10.5. The molecule has 0 bridgehead atoms. The fraction of sp³-hybridized carbons (Fsp3) is 0.444. The molecule has 1 saturated heterocycles. The van der Waals surface area contributed by atoms with Crippen molar-refractivity contribution in [1.29, 1.82) is 0 Å². The van der Waals surface area contributed by atoms with E-state index in [1.54, 1.807) is 0 Å². The Morgan fingerprint density at radius 3 is 2.72 bits per heavy atom. The standard InChI is InChI=1S/C18H21N3O3.ClH/c1-12-7-16(21-24-12)18(14-8-19-9-15(14)18)11-20-17(22)23-10-13-5-3-2-4-6-13;/h2-7,14-15,19H,8-11H2,1H3,(H,20,22);1H/t14-,15+,18?;. The first-order chi connectivity index (χ1) is 11.7. The van der Waals surface area contributed by atoms with Crippen molar-refractivity contribution in [3.05, 3.63) is 53.4 Å². The zero-order valence-electron chi connectivity index (χ0n) is 14.0. The Kier molecular flexibility index (Phi) is 5.01. The van der Waals surface area contributed by atoms with Gasteiger partial charge in [-0.2, -0.15) is 0 Å². The number of alkyl carbamates (subject to hydrolysis) is 1. The molecule has 6 nitrogen and oxygen atoms in total. The number of fused-ring (bicyclic) bond motifs is 1. The molecule has 1 saturated carbocycles. The van der Waals surface area contributed by atoms with Crippen LogP contribution >= 0.6 is 12.4 Å². The molecule has 1 aliphatic heterocycles. The maximum Gasteiger partial charge on any atom is 0.407 e. The van der Waals surface area contributed by atoms with Gasteiger partial charge in [-0.3, -0.25) is 0 Å². The second-order valence-corrected chi connectivity index (χ2v) is 6.65. The monoisotopic (exact) mass is 363 g/mol.